The summed E-state index contributed by atoms with van der Waals surface area (Å²) >= 11 is 0. The molecule has 0 unspecified atom stereocenters. The van der Waals surface area contributed by atoms with Gasteiger partial charge in [0.1, 0.15) is 6.04 Å². The van der Waals surface area contributed by atoms with Crippen LogP contribution in [0.4, 0.5) is 0 Å². The molecule has 6 rings (SSSR count). The van der Waals surface area contributed by atoms with Crippen molar-refractivity contribution in [3.8, 4) is 0 Å². The van der Waals surface area contributed by atoms with Gasteiger partial charge >= 0.3 is 0 Å². The van der Waals surface area contributed by atoms with Crippen molar-refractivity contribution in [3.63, 3.8) is 0 Å². The Balaban J connectivity index is 1.36. The van der Waals surface area contributed by atoms with Gasteiger partial charge in [-0.1, -0.05) is 72.8 Å². The van der Waals surface area contributed by atoms with Crippen LogP contribution in [-0.4, -0.2) is 61.2 Å². The maximum Gasteiger partial charge on any atom is 0.253 e. The fraction of sp³-hybridized carbons (Fsp3) is 0.290. The lowest BCUT2D eigenvalue weighted by Crippen LogP contribution is -2.48. The summed E-state index contributed by atoms with van der Waals surface area (Å²) in [5, 5.41) is 13.9. The summed E-state index contributed by atoms with van der Waals surface area (Å²) in [6.07, 6.45) is 0. The molecule has 8 nitrogen and oxygen atoms in total. The summed E-state index contributed by atoms with van der Waals surface area (Å²) in [6, 6.07) is 26.6. The van der Waals surface area contributed by atoms with E-state index in [4.69, 9.17) is 0 Å². The Bertz CT molecular complexity index is 1620. The molecule has 1 saturated heterocycles. The van der Waals surface area contributed by atoms with E-state index in [9.17, 15) is 4.79 Å². The highest BCUT2D eigenvalue weighted by molar-refractivity contribution is 5.83. The van der Waals surface area contributed by atoms with Crippen LogP contribution >= 0.6 is 0 Å². The van der Waals surface area contributed by atoms with Gasteiger partial charge in [0.2, 0.25) is 0 Å². The molecule has 0 amide bonds. The lowest BCUT2D eigenvalue weighted by atomic mass is 9.99. The molecule has 5 aromatic rings. The maximum atomic E-state index is 13.7. The van der Waals surface area contributed by atoms with Crippen LogP contribution in [0.25, 0.3) is 10.9 Å². The van der Waals surface area contributed by atoms with Gasteiger partial charge in [-0.25, -0.2) is 4.68 Å². The van der Waals surface area contributed by atoms with Gasteiger partial charge in [-0.05, 0) is 58.0 Å². The second-order valence-corrected chi connectivity index (χ2v) is 10.4. The molecule has 1 fully saturated rings. The number of H-pyrrole nitrogens is 1. The first kappa shape index (κ1) is 25.2. The quantitative estimate of drug-likeness (QED) is 0.349. The predicted octanol–water partition coefficient (Wildman–Crippen LogP) is 4.09. The van der Waals surface area contributed by atoms with Gasteiger partial charge in [-0.15, -0.1) is 5.10 Å². The number of aromatic amines is 1. The van der Waals surface area contributed by atoms with Crippen LogP contribution in [0.5, 0.6) is 0 Å². The van der Waals surface area contributed by atoms with E-state index in [1.807, 2.05) is 28.9 Å². The van der Waals surface area contributed by atoms with Crippen LogP contribution in [0.15, 0.2) is 83.7 Å². The maximum absolute atomic E-state index is 13.7. The van der Waals surface area contributed by atoms with Crippen molar-refractivity contribution in [2.75, 3.05) is 26.2 Å². The molecule has 39 heavy (non-hydrogen) atoms. The van der Waals surface area contributed by atoms with Crippen LogP contribution in [0.2, 0.25) is 0 Å². The number of nitrogens with zero attached hydrogens (tertiary/aromatic N) is 6. The van der Waals surface area contributed by atoms with Crippen molar-refractivity contribution in [2.45, 2.75) is 33.0 Å². The fourth-order valence-electron chi connectivity index (χ4n) is 5.54. The lowest BCUT2D eigenvalue weighted by Gasteiger charge is -2.38. The van der Waals surface area contributed by atoms with Crippen molar-refractivity contribution >= 4 is 10.9 Å². The Kier molecular flexibility index (Phi) is 7.04. The van der Waals surface area contributed by atoms with Crippen molar-refractivity contribution in [3.05, 3.63) is 123 Å². The molecule has 3 aromatic carbocycles. The standard InChI is InChI=1S/C31H33N7O/c1-22-13-14-26-19-27(31(39)32-28(26)23(22)2)29(30-33-34-35-38(30)21-25-11-7-4-8-12-25)37-17-15-36(16-18-37)20-24-9-5-3-6-10-24/h3-14,19,29H,15-18,20-21H2,1-2H3,(H,32,39)/t29-/m1/s1. The number of benzene rings is 3. The summed E-state index contributed by atoms with van der Waals surface area (Å²) < 4.78 is 1.83. The number of aryl methyl sites for hydroxylation is 2. The van der Waals surface area contributed by atoms with Crippen LogP contribution in [0.3, 0.4) is 0 Å². The Morgan fingerprint density at radius 3 is 2.21 bits per heavy atom. The van der Waals surface area contributed by atoms with Crippen LogP contribution in [0, 0.1) is 13.8 Å². The molecule has 0 spiro atoms. The number of piperazine rings is 1. The molecule has 8 heteroatoms. The van der Waals surface area contributed by atoms with Gasteiger partial charge in [-0.3, -0.25) is 14.6 Å². The van der Waals surface area contributed by atoms with E-state index in [-0.39, 0.29) is 11.6 Å². The third kappa shape index (κ3) is 5.26. The fourth-order valence-corrected chi connectivity index (χ4v) is 5.54. The first-order chi connectivity index (χ1) is 19.1. The highest BCUT2D eigenvalue weighted by Crippen LogP contribution is 2.29. The van der Waals surface area contributed by atoms with Gasteiger partial charge in [0.05, 0.1) is 12.1 Å². The molecular weight excluding hydrogens is 486 g/mol. The van der Waals surface area contributed by atoms with Crippen LogP contribution in [-0.2, 0) is 13.1 Å². The number of nitrogens with one attached hydrogen (secondary N) is 1. The Morgan fingerprint density at radius 2 is 1.51 bits per heavy atom. The van der Waals surface area contributed by atoms with Gasteiger partial charge in [0.15, 0.2) is 5.82 Å². The molecule has 2 aromatic heterocycles. The minimum absolute atomic E-state index is 0.0952. The van der Waals surface area contributed by atoms with Gasteiger partial charge in [0, 0.05) is 38.3 Å². The Morgan fingerprint density at radius 1 is 0.846 bits per heavy atom. The second kappa shape index (κ2) is 10.9. The molecular formula is C31H33N7O. The lowest BCUT2D eigenvalue weighted by molar-refractivity contribution is 0.0998. The van der Waals surface area contributed by atoms with Crippen LogP contribution in [0.1, 0.15) is 39.7 Å². The van der Waals surface area contributed by atoms with Crippen molar-refractivity contribution in [1.82, 2.24) is 35.0 Å². The van der Waals surface area contributed by atoms with Crippen LogP contribution < -0.4 is 5.56 Å². The molecule has 1 N–H and O–H groups in total. The number of tetrazole rings is 1. The van der Waals surface area contributed by atoms with Gasteiger partial charge in [-0.2, -0.15) is 0 Å². The minimum Gasteiger partial charge on any atom is -0.321 e. The monoisotopic (exact) mass is 519 g/mol. The summed E-state index contributed by atoms with van der Waals surface area (Å²) in [7, 11) is 0. The van der Waals surface area contributed by atoms with E-state index in [0.717, 1.165) is 60.3 Å². The molecule has 0 saturated carbocycles. The van der Waals surface area contributed by atoms with Gasteiger partial charge in [0.25, 0.3) is 5.56 Å². The third-order valence-electron chi connectivity index (χ3n) is 7.87. The molecule has 1 atom stereocenters. The van der Waals surface area contributed by atoms with E-state index in [2.05, 4.69) is 98.8 Å². The van der Waals surface area contributed by atoms with Crippen molar-refractivity contribution < 1.29 is 0 Å². The summed E-state index contributed by atoms with van der Waals surface area (Å²) in [4.78, 5) is 21.7. The summed E-state index contributed by atoms with van der Waals surface area (Å²) in [5.74, 6) is 0.684. The topological polar surface area (TPSA) is 82.9 Å². The smallest absolute Gasteiger partial charge is 0.253 e. The molecule has 1 aliphatic rings. The van der Waals surface area contributed by atoms with E-state index in [1.165, 1.54) is 5.56 Å². The molecule has 0 radical (unpaired) electrons. The number of rotatable bonds is 7. The number of hydrogen-bond donors (Lipinski definition) is 1. The highest BCUT2D eigenvalue weighted by Gasteiger charge is 2.32. The second-order valence-electron chi connectivity index (χ2n) is 10.4. The van der Waals surface area contributed by atoms with Crippen molar-refractivity contribution in [1.29, 1.82) is 0 Å². The van der Waals surface area contributed by atoms with E-state index in [0.29, 0.717) is 17.9 Å². The summed E-state index contributed by atoms with van der Waals surface area (Å²) in [5.41, 5.74) is 6.13. The number of hydrogen-bond acceptors (Lipinski definition) is 6. The third-order valence-corrected chi connectivity index (χ3v) is 7.87. The number of fused-ring (bicyclic) bond motifs is 1. The Labute approximate surface area is 227 Å². The Hall–Kier alpha value is -4.14. The predicted molar refractivity (Wildman–Crippen MR) is 153 cm³/mol. The summed E-state index contributed by atoms with van der Waals surface area (Å²) in [6.45, 7) is 8.98. The molecule has 198 valence electrons. The normalized spacial score (nSPS) is 15.5. The SMILES string of the molecule is Cc1ccc2cc([C@H](c3nnnn3Cc3ccccc3)N3CCN(Cc4ccccc4)CC3)c(=O)[nH]c2c1C. The number of pyridine rings is 1. The zero-order valence-electron chi connectivity index (χ0n) is 22.4. The van der Waals surface area contributed by atoms with E-state index < -0.39 is 0 Å². The van der Waals surface area contributed by atoms with E-state index >= 15 is 0 Å². The minimum atomic E-state index is -0.364. The first-order valence-electron chi connectivity index (χ1n) is 13.5. The molecule has 0 bridgehead atoms. The van der Waals surface area contributed by atoms with Gasteiger partial charge < -0.3 is 4.98 Å². The zero-order valence-corrected chi connectivity index (χ0v) is 22.4. The average Bonchev–Trinajstić information content (AvgIpc) is 3.41. The largest absolute Gasteiger partial charge is 0.321 e. The molecule has 1 aliphatic heterocycles. The molecule has 3 heterocycles. The van der Waals surface area contributed by atoms with E-state index in [1.54, 1.807) is 0 Å². The average molecular weight is 520 g/mol. The zero-order chi connectivity index (χ0) is 26.8. The van der Waals surface area contributed by atoms with Crippen molar-refractivity contribution in [2.24, 2.45) is 0 Å². The first-order valence-corrected chi connectivity index (χ1v) is 13.5. The highest BCUT2D eigenvalue weighted by atomic mass is 16.1. The number of aromatic nitrogens is 5. The molecule has 0 aliphatic carbocycles.